The summed E-state index contributed by atoms with van der Waals surface area (Å²) in [6, 6.07) is 15.4. The van der Waals surface area contributed by atoms with E-state index in [0.29, 0.717) is 10.7 Å². The lowest BCUT2D eigenvalue weighted by molar-refractivity contribution is -0.113. The molecule has 4 rings (SSSR count). The number of hydrogen-bond donors (Lipinski definition) is 1. The van der Waals surface area contributed by atoms with Crippen molar-refractivity contribution in [2.24, 2.45) is 0 Å². The summed E-state index contributed by atoms with van der Waals surface area (Å²) in [7, 11) is 0. The molecule has 0 aliphatic carbocycles. The average molecular weight is 429 g/mol. The molecule has 0 fully saturated rings. The first-order valence-electron chi connectivity index (χ1n) is 8.74. The molecule has 0 bridgehead atoms. The number of aromatic nitrogens is 3. The summed E-state index contributed by atoms with van der Waals surface area (Å²) in [5, 5.41) is 16.1. The third-order valence-corrected chi connectivity index (χ3v) is 6.50. The monoisotopic (exact) mass is 428 g/mol. The van der Waals surface area contributed by atoms with E-state index in [0.717, 1.165) is 23.1 Å². The van der Waals surface area contributed by atoms with Crippen LogP contribution < -0.4 is 5.32 Å². The van der Waals surface area contributed by atoms with Crippen LogP contribution in [0, 0.1) is 0 Å². The van der Waals surface area contributed by atoms with Gasteiger partial charge in [-0.1, -0.05) is 53.7 Å². The average Bonchev–Trinajstić information content (AvgIpc) is 3.31. The number of halogens is 1. The van der Waals surface area contributed by atoms with Crippen LogP contribution >= 0.6 is 34.7 Å². The van der Waals surface area contributed by atoms with Crippen molar-refractivity contribution in [3.05, 3.63) is 58.9 Å². The smallest absolute Gasteiger partial charge is 0.234 e. The molecule has 0 aliphatic heterocycles. The fourth-order valence-electron chi connectivity index (χ4n) is 2.91. The molecule has 2 heterocycles. The van der Waals surface area contributed by atoms with Crippen LogP contribution in [0.2, 0.25) is 5.02 Å². The summed E-state index contributed by atoms with van der Waals surface area (Å²) in [5.74, 6) is 0.925. The number of rotatable bonds is 6. The van der Waals surface area contributed by atoms with E-state index in [-0.39, 0.29) is 11.7 Å². The second-order valence-corrected chi connectivity index (χ2v) is 8.27. The number of nitrogens with zero attached hydrogens (tertiary/aromatic N) is 3. The summed E-state index contributed by atoms with van der Waals surface area (Å²) >= 11 is 9.15. The molecule has 0 atom stereocenters. The first kappa shape index (κ1) is 19.0. The highest BCUT2D eigenvalue weighted by molar-refractivity contribution is 7.99. The zero-order valence-electron chi connectivity index (χ0n) is 15.1. The van der Waals surface area contributed by atoms with Crippen LogP contribution in [-0.2, 0) is 11.3 Å². The van der Waals surface area contributed by atoms with Gasteiger partial charge >= 0.3 is 0 Å². The molecule has 0 saturated heterocycles. The topological polar surface area (TPSA) is 59.8 Å². The Morgan fingerprint density at radius 3 is 2.79 bits per heavy atom. The molecule has 0 radical (unpaired) electrons. The van der Waals surface area contributed by atoms with E-state index < -0.39 is 0 Å². The number of benzene rings is 2. The molecule has 142 valence electrons. The van der Waals surface area contributed by atoms with Gasteiger partial charge in [0.2, 0.25) is 5.91 Å². The standard InChI is InChI=1S/C20H17ClN4OS2/c1-2-25-19(14-11-27-17-10-6-3-7-13(14)17)23-24-20(25)28-12-18(26)22-16-9-5-4-8-15(16)21/h3-11H,2,12H2,1H3,(H,22,26). The van der Waals surface area contributed by atoms with Gasteiger partial charge in [-0.05, 0) is 25.1 Å². The molecule has 0 spiro atoms. The van der Waals surface area contributed by atoms with Crippen LogP contribution in [0.4, 0.5) is 5.69 Å². The molecule has 1 N–H and O–H groups in total. The van der Waals surface area contributed by atoms with Gasteiger partial charge in [-0.2, -0.15) is 0 Å². The molecule has 2 aromatic heterocycles. The van der Waals surface area contributed by atoms with Gasteiger partial charge in [0.1, 0.15) is 0 Å². The number of carbonyl (C=O) groups excluding carboxylic acids is 1. The second kappa shape index (κ2) is 8.34. The van der Waals surface area contributed by atoms with Gasteiger partial charge in [-0.25, -0.2) is 0 Å². The maximum absolute atomic E-state index is 12.3. The largest absolute Gasteiger partial charge is 0.324 e. The predicted molar refractivity (Wildman–Crippen MR) is 117 cm³/mol. The number of hydrogen-bond acceptors (Lipinski definition) is 5. The summed E-state index contributed by atoms with van der Waals surface area (Å²) in [4.78, 5) is 12.3. The van der Waals surface area contributed by atoms with Gasteiger partial charge in [0.05, 0.1) is 16.5 Å². The SMILES string of the molecule is CCn1c(SCC(=O)Nc2ccccc2Cl)nnc1-c1csc2ccccc12. The van der Waals surface area contributed by atoms with Crippen LogP contribution in [0.5, 0.6) is 0 Å². The number of anilines is 1. The van der Waals surface area contributed by atoms with Crippen molar-refractivity contribution in [3.8, 4) is 11.4 Å². The number of para-hydroxylation sites is 1. The zero-order chi connectivity index (χ0) is 19.5. The summed E-state index contributed by atoms with van der Waals surface area (Å²) < 4.78 is 3.26. The molecule has 8 heteroatoms. The van der Waals surface area contributed by atoms with Crippen molar-refractivity contribution in [2.75, 3.05) is 11.1 Å². The normalized spacial score (nSPS) is 11.1. The second-order valence-electron chi connectivity index (χ2n) is 6.01. The highest BCUT2D eigenvalue weighted by Gasteiger charge is 2.17. The lowest BCUT2D eigenvalue weighted by atomic mass is 10.1. The predicted octanol–water partition coefficient (Wildman–Crippen LogP) is 5.56. The van der Waals surface area contributed by atoms with Crippen LogP contribution in [0.15, 0.2) is 59.1 Å². The summed E-state index contributed by atoms with van der Waals surface area (Å²) in [6.45, 7) is 2.77. The number of fused-ring (bicyclic) bond motifs is 1. The van der Waals surface area contributed by atoms with Crippen molar-refractivity contribution in [1.29, 1.82) is 0 Å². The molecule has 0 saturated carbocycles. The molecule has 28 heavy (non-hydrogen) atoms. The van der Waals surface area contributed by atoms with Crippen LogP contribution in [0.1, 0.15) is 6.92 Å². The van der Waals surface area contributed by atoms with Gasteiger partial charge < -0.3 is 9.88 Å². The number of carbonyl (C=O) groups is 1. The number of thioether (sulfide) groups is 1. The van der Waals surface area contributed by atoms with E-state index in [1.807, 2.05) is 28.8 Å². The van der Waals surface area contributed by atoms with Crippen molar-refractivity contribution < 1.29 is 4.79 Å². The van der Waals surface area contributed by atoms with E-state index in [9.17, 15) is 4.79 Å². The molecule has 2 aromatic carbocycles. The Balaban J connectivity index is 1.52. The van der Waals surface area contributed by atoms with Crippen LogP contribution in [-0.4, -0.2) is 26.4 Å². The van der Waals surface area contributed by atoms with E-state index in [2.05, 4.69) is 40.0 Å². The number of nitrogens with one attached hydrogen (secondary N) is 1. The van der Waals surface area contributed by atoms with E-state index in [1.165, 1.54) is 21.8 Å². The number of thiophene rings is 1. The highest BCUT2D eigenvalue weighted by Crippen LogP contribution is 2.34. The maximum Gasteiger partial charge on any atom is 0.234 e. The molecular weight excluding hydrogens is 412 g/mol. The summed E-state index contributed by atoms with van der Waals surface area (Å²) in [6.07, 6.45) is 0. The Morgan fingerprint density at radius 1 is 1.18 bits per heavy atom. The Hall–Kier alpha value is -2.35. The van der Waals surface area contributed by atoms with E-state index in [1.54, 1.807) is 23.5 Å². The Kier molecular flexibility index (Phi) is 5.66. The third-order valence-electron chi connectivity index (χ3n) is 4.24. The first-order valence-corrected chi connectivity index (χ1v) is 11.0. The third kappa shape index (κ3) is 3.78. The van der Waals surface area contributed by atoms with Gasteiger partial charge in [-0.3, -0.25) is 4.79 Å². The lowest BCUT2D eigenvalue weighted by Gasteiger charge is -2.08. The molecule has 1 amide bonds. The fraction of sp³-hybridized carbons (Fsp3) is 0.150. The number of amides is 1. The molecule has 0 unspecified atom stereocenters. The summed E-state index contributed by atoms with van der Waals surface area (Å²) in [5.41, 5.74) is 1.68. The zero-order valence-corrected chi connectivity index (χ0v) is 17.4. The van der Waals surface area contributed by atoms with Crippen molar-refractivity contribution in [2.45, 2.75) is 18.6 Å². The first-order chi connectivity index (χ1) is 13.7. The van der Waals surface area contributed by atoms with Gasteiger partial charge in [0, 0.05) is 27.6 Å². The maximum atomic E-state index is 12.3. The van der Waals surface area contributed by atoms with Crippen molar-refractivity contribution in [1.82, 2.24) is 14.8 Å². The van der Waals surface area contributed by atoms with Gasteiger partial charge in [0.25, 0.3) is 0 Å². The van der Waals surface area contributed by atoms with Gasteiger partial charge in [-0.15, -0.1) is 21.5 Å². The molecule has 5 nitrogen and oxygen atoms in total. The quantitative estimate of drug-likeness (QED) is 0.408. The molecule has 0 aliphatic rings. The minimum absolute atomic E-state index is 0.133. The fourth-order valence-corrected chi connectivity index (χ4v) is 4.83. The molecule has 4 aromatic rings. The Labute approximate surface area is 175 Å². The van der Waals surface area contributed by atoms with Crippen LogP contribution in [0.3, 0.4) is 0 Å². The minimum atomic E-state index is -0.133. The molecular formula is C20H17ClN4OS2. The van der Waals surface area contributed by atoms with Gasteiger partial charge in [0.15, 0.2) is 11.0 Å². The highest BCUT2D eigenvalue weighted by atomic mass is 35.5. The Morgan fingerprint density at radius 2 is 1.96 bits per heavy atom. The van der Waals surface area contributed by atoms with Crippen molar-refractivity contribution in [3.63, 3.8) is 0 Å². The van der Waals surface area contributed by atoms with E-state index >= 15 is 0 Å². The minimum Gasteiger partial charge on any atom is -0.324 e. The van der Waals surface area contributed by atoms with Crippen LogP contribution in [0.25, 0.3) is 21.5 Å². The lowest BCUT2D eigenvalue weighted by Crippen LogP contribution is -2.15. The van der Waals surface area contributed by atoms with Crippen molar-refractivity contribution >= 4 is 56.4 Å². The van der Waals surface area contributed by atoms with E-state index in [4.69, 9.17) is 11.6 Å². The Bertz CT molecular complexity index is 1140.